The van der Waals surface area contributed by atoms with Gasteiger partial charge in [-0.05, 0) is 6.92 Å². The number of aryl methyl sites for hydroxylation is 2. The second-order valence-electron chi connectivity index (χ2n) is 4.55. The minimum Gasteiger partial charge on any atom is -0.382 e. The highest BCUT2D eigenvalue weighted by molar-refractivity contribution is 6.17. The lowest BCUT2D eigenvalue weighted by atomic mass is 10.1. The molecule has 2 rings (SSSR count). The molecule has 0 fully saturated rings. The lowest BCUT2D eigenvalue weighted by Crippen LogP contribution is -2.64. The van der Waals surface area contributed by atoms with Gasteiger partial charge in [0, 0.05) is 20.1 Å². The SMILES string of the molecule is Cc1nn(C)c(NCCN)c1NC1(N)C(N)=NN=C1N. The van der Waals surface area contributed by atoms with Crippen LogP contribution in [0.5, 0.6) is 0 Å². The van der Waals surface area contributed by atoms with E-state index in [9.17, 15) is 0 Å². The number of nitrogens with two attached hydrogens (primary N) is 4. The number of nitrogens with zero attached hydrogens (tertiary/aromatic N) is 4. The summed E-state index contributed by atoms with van der Waals surface area (Å²) in [4.78, 5) is 0. The summed E-state index contributed by atoms with van der Waals surface area (Å²) in [7, 11) is 1.81. The van der Waals surface area contributed by atoms with Crippen molar-refractivity contribution >= 4 is 23.2 Å². The Morgan fingerprint density at radius 2 is 1.85 bits per heavy atom. The molecule has 0 amide bonds. The number of hydrogen-bond donors (Lipinski definition) is 6. The van der Waals surface area contributed by atoms with Crippen LogP contribution in [0, 0.1) is 6.92 Å². The number of anilines is 2. The predicted molar refractivity (Wildman–Crippen MR) is 79.3 cm³/mol. The second kappa shape index (κ2) is 4.98. The maximum absolute atomic E-state index is 6.14. The lowest BCUT2D eigenvalue weighted by Gasteiger charge is -2.26. The van der Waals surface area contributed by atoms with Crippen molar-refractivity contribution in [3.8, 4) is 0 Å². The average molecular weight is 280 g/mol. The van der Waals surface area contributed by atoms with Crippen LogP contribution in [-0.2, 0) is 7.05 Å². The number of hydrogen-bond acceptors (Lipinski definition) is 9. The van der Waals surface area contributed by atoms with Crippen LogP contribution in [0.4, 0.5) is 11.5 Å². The molecule has 0 bridgehead atoms. The molecule has 0 atom stereocenters. The molecule has 2 heterocycles. The van der Waals surface area contributed by atoms with Gasteiger partial charge in [0.1, 0.15) is 11.5 Å². The molecule has 1 aliphatic heterocycles. The van der Waals surface area contributed by atoms with E-state index in [0.717, 1.165) is 11.5 Å². The molecule has 20 heavy (non-hydrogen) atoms. The number of amidine groups is 2. The zero-order chi connectivity index (χ0) is 14.9. The predicted octanol–water partition coefficient (Wildman–Crippen LogP) is -2.19. The first-order valence-electron chi connectivity index (χ1n) is 6.12. The van der Waals surface area contributed by atoms with E-state index in [1.165, 1.54) is 0 Å². The van der Waals surface area contributed by atoms with Crippen LogP contribution in [0.2, 0.25) is 0 Å². The fourth-order valence-corrected chi connectivity index (χ4v) is 1.92. The maximum atomic E-state index is 6.14. The van der Waals surface area contributed by atoms with Crippen molar-refractivity contribution in [2.75, 3.05) is 23.7 Å². The molecule has 1 aromatic rings. The molecule has 0 saturated carbocycles. The van der Waals surface area contributed by atoms with E-state index in [4.69, 9.17) is 22.9 Å². The van der Waals surface area contributed by atoms with Crippen LogP contribution in [0.3, 0.4) is 0 Å². The van der Waals surface area contributed by atoms with Gasteiger partial charge in [-0.2, -0.15) is 5.10 Å². The van der Waals surface area contributed by atoms with Crippen molar-refractivity contribution in [1.29, 1.82) is 0 Å². The molecular weight excluding hydrogens is 260 g/mol. The summed E-state index contributed by atoms with van der Waals surface area (Å²) in [5, 5.41) is 17.9. The monoisotopic (exact) mass is 280 g/mol. The third-order valence-corrected chi connectivity index (χ3v) is 3.05. The van der Waals surface area contributed by atoms with Crippen molar-refractivity contribution in [2.24, 2.45) is 40.2 Å². The van der Waals surface area contributed by atoms with Gasteiger partial charge in [-0.15, -0.1) is 10.2 Å². The molecule has 10 nitrogen and oxygen atoms in total. The van der Waals surface area contributed by atoms with Gasteiger partial charge < -0.3 is 27.8 Å². The highest BCUT2D eigenvalue weighted by Gasteiger charge is 2.40. The molecular formula is C10H20N10. The molecule has 10 N–H and O–H groups in total. The molecule has 110 valence electrons. The fourth-order valence-electron chi connectivity index (χ4n) is 1.92. The normalized spacial score (nSPS) is 16.8. The van der Waals surface area contributed by atoms with E-state index >= 15 is 0 Å². The first kappa shape index (κ1) is 14.1. The highest BCUT2D eigenvalue weighted by Crippen LogP contribution is 2.27. The van der Waals surface area contributed by atoms with Gasteiger partial charge in [-0.3, -0.25) is 10.4 Å². The third kappa shape index (κ3) is 2.14. The summed E-state index contributed by atoms with van der Waals surface area (Å²) in [5.41, 5.74) is 23.3. The highest BCUT2D eigenvalue weighted by atomic mass is 15.4. The average Bonchev–Trinajstić information content (AvgIpc) is 2.80. The van der Waals surface area contributed by atoms with Crippen LogP contribution in [0.25, 0.3) is 0 Å². The summed E-state index contributed by atoms with van der Waals surface area (Å²) in [6.45, 7) is 2.93. The van der Waals surface area contributed by atoms with Crippen LogP contribution < -0.4 is 33.6 Å². The molecule has 0 aromatic carbocycles. The van der Waals surface area contributed by atoms with E-state index in [-0.39, 0.29) is 11.7 Å². The van der Waals surface area contributed by atoms with Gasteiger partial charge in [0.25, 0.3) is 0 Å². The van der Waals surface area contributed by atoms with Crippen molar-refractivity contribution in [3.63, 3.8) is 0 Å². The van der Waals surface area contributed by atoms with Crippen molar-refractivity contribution in [2.45, 2.75) is 12.6 Å². The summed E-state index contributed by atoms with van der Waals surface area (Å²) in [6.07, 6.45) is 0. The van der Waals surface area contributed by atoms with Gasteiger partial charge in [0.05, 0.1) is 5.69 Å². The van der Waals surface area contributed by atoms with Crippen LogP contribution in [0.1, 0.15) is 5.69 Å². The maximum Gasteiger partial charge on any atom is 0.208 e. The van der Waals surface area contributed by atoms with Crippen molar-refractivity contribution in [1.82, 2.24) is 9.78 Å². The third-order valence-electron chi connectivity index (χ3n) is 3.05. The van der Waals surface area contributed by atoms with Crippen LogP contribution in [0.15, 0.2) is 10.2 Å². The van der Waals surface area contributed by atoms with Gasteiger partial charge in [-0.1, -0.05) is 0 Å². The van der Waals surface area contributed by atoms with Gasteiger partial charge in [-0.25, -0.2) is 0 Å². The Morgan fingerprint density at radius 1 is 1.25 bits per heavy atom. The summed E-state index contributed by atoms with van der Waals surface area (Å²) >= 11 is 0. The fraction of sp³-hybridized carbons (Fsp3) is 0.500. The lowest BCUT2D eigenvalue weighted by molar-refractivity contribution is 0.757. The second-order valence-corrected chi connectivity index (χ2v) is 4.55. The molecule has 0 unspecified atom stereocenters. The quantitative estimate of drug-likeness (QED) is 0.332. The standard InChI is InChI=1S/C10H20N10/c1-5-6(7(15-4-3-11)20(2)19-5)16-10(14)8(12)17-18-9(10)13/h15-16H,3-4,11,14H2,1-2H3,(H2,12,17)(H2,13,18). The first-order valence-corrected chi connectivity index (χ1v) is 6.12. The Hall–Kier alpha value is -2.33. The Kier molecular flexibility index (Phi) is 3.51. The zero-order valence-corrected chi connectivity index (χ0v) is 11.5. The van der Waals surface area contributed by atoms with E-state index in [2.05, 4.69) is 25.9 Å². The van der Waals surface area contributed by atoms with Gasteiger partial charge in [0.2, 0.25) is 5.66 Å². The molecule has 10 heteroatoms. The van der Waals surface area contributed by atoms with Gasteiger partial charge >= 0.3 is 0 Å². The molecule has 0 aliphatic carbocycles. The molecule has 1 aromatic heterocycles. The molecule has 0 spiro atoms. The van der Waals surface area contributed by atoms with Crippen LogP contribution >= 0.6 is 0 Å². The van der Waals surface area contributed by atoms with Crippen molar-refractivity contribution < 1.29 is 0 Å². The minimum absolute atomic E-state index is 0.100. The smallest absolute Gasteiger partial charge is 0.208 e. The number of aromatic nitrogens is 2. The van der Waals surface area contributed by atoms with E-state index in [1.54, 1.807) is 4.68 Å². The number of nitrogens with one attached hydrogen (secondary N) is 2. The largest absolute Gasteiger partial charge is 0.382 e. The topological polar surface area (TPSA) is 171 Å². The van der Waals surface area contributed by atoms with Crippen molar-refractivity contribution in [3.05, 3.63) is 5.69 Å². The van der Waals surface area contributed by atoms with E-state index in [0.29, 0.717) is 18.8 Å². The van der Waals surface area contributed by atoms with E-state index in [1.807, 2.05) is 14.0 Å². The molecule has 0 saturated heterocycles. The summed E-state index contributed by atoms with van der Waals surface area (Å²) < 4.78 is 1.69. The Balaban J connectivity index is 2.34. The Bertz CT molecular complexity index is 551. The minimum atomic E-state index is -1.31. The molecule has 0 radical (unpaired) electrons. The van der Waals surface area contributed by atoms with Gasteiger partial charge in [0.15, 0.2) is 11.7 Å². The summed E-state index contributed by atoms with van der Waals surface area (Å²) in [6, 6.07) is 0. The zero-order valence-electron chi connectivity index (χ0n) is 11.5. The number of rotatable bonds is 5. The van der Waals surface area contributed by atoms with E-state index < -0.39 is 5.66 Å². The Morgan fingerprint density at radius 3 is 2.40 bits per heavy atom. The summed E-state index contributed by atoms with van der Waals surface area (Å²) in [5.74, 6) is 0.941. The Labute approximate surface area is 116 Å². The molecule has 1 aliphatic rings. The first-order chi connectivity index (χ1) is 9.40. The van der Waals surface area contributed by atoms with Crippen LogP contribution in [-0.4, -0.2) is 40.2 Å².